The second-order valence-corrected chi connectivity index (χ2v) is 10.7. The first-order chi connectivity index (χ1) is 17.1. The predicted octanol–water partition coefficient (Wildman–Crippen LogP) is 9.50. The minimum atomic E-state index is -0.0250. The van der Waals surface area contributed by atoms with Crippen LogP contribution in [0.3, 0.4) is 0 Å². The molecule has 190 valence electrons. The Hall–Kier alpha value is -2.35. The summed E-state index contributed by atoms with van der Waals surface area (Å²) in [6.07, 6.45) is 20.4. The van der Waals surface area contributed by atoms with Crippen LogP contribution in [0.5, 0.6) is 0 Å². The highest BCUT2D eigenvalue weighted by Gasteiger charge is 2.36. The Bertz CT molecular complexity index is 930. The fourth-order valence-corrected chi connectivity index (χ4v) is 5.47. The third kappa shape index (κ3) is 8.37. The number of rotatable bonds is 17. The molecular formula is C33H48N2. The molecule has 1 heterocycles. The van der Waals surface area contributed by atoms with Gasteiger partial charge in [-0.05, 0) is 24.0 Å². The van der Waals surface area contributed by atoms with Crippen LogP contribution in [0.4, 0.5) is 0 Å². The van der Waals surface area contributed by atoms with Gasteiger partial charge in [0.1, 0.15) is 5.82 Å². The van der Waals surface area contributed by atoms with E-state index in [1.165, 1.54) is 87.6 Å². The van der Waals surface area contributed by atoms with Crippen LogP contribution in [0.15, 0.2) is 73.1 Å². The molecule has 2 nitrogen and oxygen atoms in total. The van der Waals surface area contributed by atoms with E-state index in [2.05, 4.69) is 92.2 Å². The normalized spacial score (nSPS) is 14.0. The van der Waals surface area contributed by atoms with Crippen molar-refractivity contribution in [3.05, 3.63) is 90.0 Å². The molecule has 2 unspecified atom stereocenters. The smallest absolute Gasteiger partial charge is 0.112 e. The lowest BCUT2D eigenvalue weighted by Gasteiger charge is -2.36. The van der Waals surface area contributed by atoms with Gasteiger partial charge >= 0.3 is 0 Å². The van der Waals surface area contributed by atoms with Crippen LogP contribution < -0.4 is 0 Å². The largest absolute Gasteiger partial charge is 0.335 e. The Labute approximate surface area is 215 Å². The van der Waals surface area contributed by atoms with Crippen LogP contribution >= 0.6 is 0 Å². The number of unbranched alkanes of at least 4 members (excludes halogenated alkanes) is 10. The van der Waals surface area contributed by atoms with Crippen LogP contribution in [-0.2, 0) is 18.4 Å². The molecule has 0 N–H and O–H groups in total. The summed E-state index contributed by atoms with van der Waals surface area (Å²) in [4.78, 5) is 4.88. The van der Waals surface area contributed by atoms with Crippen molar-refractivity contribution in [3.8, 4) is 0 Å². The number of nitrogens with zero attached hydrogens (tertiary/aromatic N) is 2. The number of hydrogen-bond acceptors (Lipinski definition) is 1. The van der Waals surface area contributed by atoms with Crippen molar-refractivity contribution in [3.63, 3.8) is 0 Å². The van der Waals surface area contributed by atoms with Crippen molar-refractivity contribution >= 4 is 0 Å². The van der Waals surface area contributed by atoms with Crippen molar-refractivity contribution < 1.29 is 0 Å². The Morgan fingerprint density at radius 2 is 1.29 bits per heavy atom. The third-order valence-corrected chi connectivity index (χ3v) is 7.94. The summed E-state index contributed by atoms with van der Waals surface area (Å²) < 4.78 is 2.42. The predicted molar refractivity (Wildman–Crippen MR) is 151 cm³/mol. The Kier molecular flexibility index (Phi) is 11.6. The minimum Gasteiger partial charge on any atom is -0.335 e. The summed E-state index contributed by atoms with van der Waals surface area (Å²) in [6.45, 7) is 8.16. The van der Waals surface area contributed by atoms with E-state index >= 15 is 0 Å². The van der Waals surface area contributed by atoms with Crippen molar-refractivity contribution in [2.45, 2.75) is 116 Å². The zero-order valence-electron chi connectivity index (χ0n) is 22.6. The highest BCUT2D eigenvalue weighted by Crippen LogP contribution is 2.41. The maximum atomic E-state index is 4.88. The van der Waals surface area contributed by atoms with E-state index in [0.717, 1.165) is 13.0 Å². The molecule has 0 saturated heterocycles. The lowest BCUT2D eigenvalue weighted by molar-refractivity contribution is 0.366. The third-order valence-electron chi connectivity index (χ3n) is 7.94. The van der Waals surface area contributed by atoms with Crippen LogP contribution in [0.1, 0.15) is 114 Å². The number of hydrogen-bond donors (Lipinski definition) is 0. The molecule has 0 aliphatic carbocycles. The number of aromatic nitrogens is 2. The highest BCUT2D eigenvalue weighted by molar-refractivity contribution is 5.32. The Balaban J connectivity index is 1.54. The van der Waals surface area contributed by atoms with Gasteiger partial charge in [0.25, 0.3) is 0 Å². The molecule has 2 aromatic carbocycles. The quantitative estimate of drug-likeness (QED) is 0.179. The number of aryl methyl sites for hydroxylation is 1. The van der Waals surface area contributed by atoms with Crippen molar-refractivity contribution in [2.24, 2.45) is 0 Å². The lowest BCUT2D eigenvalue weighted by Crippen LogP contribution is -2.33. The molecule has 2 heteroatoms. The molecule has 0 saturated carbocycles. The molecule has 0 aliphatic rings. The first-order valence-corrected chi connectivity index (χ1v) is 14.3. The van der Waals surface area contributed by atoms with Crippen LogP contribution in [-0.4, -0.2) is 9.55 Å². The zero-order valence-corrected chi connectivity index (χ0v) is 22.6. The maximum absolute atomic E-state index is 4.88. The van der Waals surface area contributed by atoms with Gasteiger partial charge in [-0.1, -0.05) is 146 Å². The SMILES string of the molecule is CCCCCCCCCCCCCn1ccnc1C(C)C(C)(Cc1ccccc1)c1ccccc1. The van der Waals surface area contributed by atoms with Crippen LogP contribution in [0, 0.1) is 0 Å². The van der Waals surface area contributed by atoms with E-state index in [9.17, 15) is 0 Å². The number of imidazole rings is 1. The first kappa shape index (κ1) is 27.2. The van der Waals surface area contributed by atoms with E-state index in [4.69, 9.17) is 4.98 Å². The average molecular weight is 473 g/mol. The van der Waals surface area contributed by atoms with E-state index in [0.29, 0.717) is 5.92 Å². The minimum absolute atomic E-state index is 0.0250. The second-order valence-electron chi connectivity index (χ2n) is 10.7. The molecular weight excluding hydrogens is 424 g/mol. The Morgan fingerprint density at radius 1 is 0.743 bits per heavy atom. The lowest BCUT2D eigenvalue weighted by atomic mass is 9.68. The summed E-state index contributed by atoms with van der Waals surface area (Å²) in [7, 11) is 0. The molecule has 0 amide bonds. The zero-order chi connectivity index (χ0) is 24.8. The van der Waals surface area contributed by atoms with E-state index in [-0.39, 0.29) is 5.41 Å². The van der Waals surface area contributed by atoms with Crippen LogP contribution in [0.2, 0.25) is 0 Å². The monoisotopic (exact) mass is 472 g/mol. The summed E-state index contributed by atoms with van der Waals surface area (Å²) in [5.41, 5.74) is 2.75. The molecule has 0 fully saturated rings. The van der Waals surface area contributed by atoms with Gasteiger partial charge in [0.05, 0.1) is 0 Å². The fourth-order valence-electron chi connectivity index (χ4n) is 5.47. The molecule has 1 aromatic heterocycles. The van der Waals surface area contributed by atoms with Gasteiger partial charge in [-0.15, -0.1) is 0 Å². The molecule has 35 heavy (non-hydrogen) atoms. The molecule has 0 spiro atoms. The molecule has 3 aromatic rings. The highest BCUT2D eigenvalue weighted by atomic mass is 15.1. The standard InChI is InChI=1S/C33H48N2/c1-4-5-6-7-8-9-10-11-12-13-20-26-35-27-25-34-32(35)29(2)33(3,31-23-18-15-19-24-31)28-30-21-16-14-17-22-30/h14-19,21-25,27,29H,4-13,20,26,28H2,1-3H3. The van der Waals surface area contributed by atoms with Crippen molar-refractivity contribution in [2.75, 3.05) is 0 Å². The fraction of sp³-hybridized carbons (Fsp3) is 0.545. The van der Waals surface area contributed by atoms with Gasteiger partial charge in [0.2, 0.25) is 0 Å². The van der Waals surface area contributed by atoms with Gasteiger partial charge in [0, 0.05) is 30.3 Å². The second kappa shape index (κ2) is 14.9. The van der Waals surface area contributed by atoms with Gasteiger partial charge < -0.3 is 4.57 Å². The molecule has 3 rings (SSSR count). The molecule has 0 radical (unpaired) electrons. The molecule has 0 bridgehead atoms. The van der Waals surface area contributed by atoms with Gasteiger partial charge in [-0.25, -0.2) is 4.98 Å². The van der Waals surface area contributed by atoms with Gasteiger partial charge in [-0.2, -0.15) is 0 Å². The van der Waals surface area contributed by atoms with Gasteiger partial charge in [0.15, 0.2) is 0 Å². The van der Waals surface area contributed by atoms with Crippen molar-refractivity contribution in [1.82, 2.24) is 9.55 Å². The summed E-state index contributed by atoms with van der Waals surface area (Å²) in [5.74, 6) is 1.53. The first-order valence-electron chi connectivity index (χ1n) is 14.3. The summed E-state index contributed by atoms with van der Waals surface area (Å²) in [5, 5.41) is 0. The summed E-state index contributed by atoms with van der Waals surface area (Å²) >= 11 is 0. The van der Waals surface area contributed by atoms with E-state index < -0.39 is 0 Å². The topological polar surface area (TPSA) is 17.8 Å². The molecule has 0 aliphatic heterocycles. The summed E-state index contributed by atoms with van der Waals surface area (Å²) in [6, 6.07) is 21.9. The molecule has 2 atom stereocenters. The van der Waals surface area contributed by atoms with Crippen molar-refractivity contribution in [1.29, 1.82) is 0 Å². The number of benzene rings is 2. The average Bonchev–Trinajstić information content (AvgIpc) is 3.36. The Morgan fingerprint density at radius 3 is 1.89 bits per heavy atom. The van der Waals surface area contributed by atoms with E-state index in [1.54, 1.807) is 0 Å². The van der Waals surface area contributed by atoms with Gasteiger partial charge in [-0.3, -0.25) is 0 Å². The maximum Gasteiger partial charge on any atom is 0.112 e. The van der Waals surface area contributed by atoms with E-state index in [1.807, 2.05) is 6.20 Å². The van der Waals surface area contributed by atoms with Crippen LogP contribution in [0.25, 0.3) is 0 Å².